The third-order valence-electron chi connectivity index (χ3n) is 1.71. The molecule has 0 atom stereocenters. The largest absolute Gasteiger partial charge is 0.397 e. The molecule has 1 aromatic heterocycles. The Balaban J connectivity index is 2.35. The maximum absolute atomic E-state index is 8.70. The van der Waals surface area contributed by atoms with Gasteiger partial charge in [0.1, 0.15) is 10.9 Å². The molecule has 0 aliphatic rings. The number of nitrogens with zero attached hydrogens (tertiary/aromatic N) is 1. The zero-order chi connectivity index (χ0) is 11.3. The van der Waals surface area contributed by atoms with Crippen molar-refractivity contribution < 1.29 is 4.74 Å². The Labute approximate surface area is 93.7 Å². The minimum absolute atomic E-state index is 0.245. The van der Waals surface area contributed by atoms with Crippen molar-refractivity contribution in [3.63, 3.8) is 0 Å². The smallest absolute Gasteiger partial charge is 0.129 e. The topological polar surface area (TPSA) is 71.1 Å². The summed E-state index contributed by atoms with van der Waals surface area (Å²) in [6.45, 7) is 5.37. The molecule has 0 unspecified atom stereocenters. The molecule has 0 spiro atoms. The second kappa shape index (κ2) is 5.59. The van der Waals surface area contributed by atoms with Crippen LogP contribution in [0, 0.1) is 11.3 Å². The van der Waals surface area contributed by atoms with E-state index in [9.17, 15) is 0 Å². The first-order valence-electron chi connectivity index (χ1n) is 4.78. The predicted octanol–water partition coefficient (Wildman–Crippen LogP) is 2.04. The van der Waals surface area contributed by atoms with Crippen LogP contribution in [0.4, 0.5) is 10.7 Å². The number of nitrogens with one attached hydrogen (secondary N) is 1. The quantitative estimate of drug-likeness (QED) is 0.752. The summed E-state index contributed by atoms with van der Waals surface area (Å²) in [5.41, 5.74) is 6.16. The zero-order valence-electron chi connectivity index (χ0n) is 8.91. The molecule has 0 aliphatic carbocycles. The van der Waals surface area contributed by atoms with Crippen LogP contribution in [0.2, 0.25) is 0 Å². The summed E-state index contributed by atoms with van der Waals surface area (Å²) in [5.74, 6) is 0. The van der Waals surface area contributed by atoms with E-state index < -0.39 is 0 Å². The highest BCUT2D eigenvalue weighted by Crippen LogP contribution is 2.27. The maximum atomic E-state index is 8.70. The fourth-order valence-electron chi connectivity index (χ4n) is 1.05. The highest BCUT2D eigenvalue weighted by Gasteiger charge is 2.04. The van der Waals surface area contributed by atoms with Gasteiger partial charge in [0, 0.05) is 6.54 Å². The van der Waals surface area contributed by atoms with Crippen LogP contribution < -0.4 is 11.1 Å². The predicted molar refractivity (Wildman–Crippen MR) is 63.0 cm³/mol. The lowest BCUT2D eigenvalue weighted by Gasteiger charge is -2.07. The van der Waals surface area contributed by atoms with Crippen LogP contribution in [-0.4, -0.2) is 19.3 Å². The van der Waals surface area contributed by atoms with Crippen molar-refractivity contribution in [2.24, 2.45) is 0 Å². The van der Waals surface area contributed by atoms with Gasteiger partial charge in [-0.3, -0.25) is 0 Å². The lowest BCUT2D eigenvalue weighted by molar-refractivity contribution is 0.0871. The van der Waals surface area contributed by atoms with Gasteiger partial charge in [-0.25, -0.2) is 0 Å². The van der Waals surface area contributed by atoms with Gasteiger partial charge in [-0.2, -0.15) is 5.26 Å². The van der Waals surface area contributed by atoms with Crippen molar-refractivity contribution in [1.29, 1.82) is 5.26 Å². The Morgan fingerprint density at radius 3 is 2.93 bits per heavy atom. The third kappa shape index (κ3) is 3.78. The van der Waals surface area contributed by atoms with Crippen molar-refractivity contribution in [2.45, 2.75) is 20.0 Å². The van der Waals surface area contributed by atoms with Crippen molar-refractivity contribution in [2.75, 3.05) is 24.2 Å². The SMILES string of the molecule is CC(C)OCCNc1cc(N)c(C#N)s1. The van der Waals surface area contributed by atoms with Gasteiger partial charge < -0.3 is 15.8 Å². The first kappa shape index (κ1) is 11.8. The maximum Gasteiger partial charge on any atom is 0.129 e. The molecule has 82 valence electrons. The molecule has 0 fully saturated rings. The van der Waals surface area contributed by atoms with Crippen LogP contribution >= 0.6 is 11.3 Å². The van der Waals surface area contributed by atoms with E-state index in [2.05, 4.69) is 5.32 Å². The monoisotopic (exact) mass is 225 g/mol. The molecule has 15 heavy (non-hydrogen) atoms. The molecular weight excluding hydrogens is 210 g/mol. The van der Waals surface area contributed by atoms with E-state index in [0.29, 0.717) is 17.2 Å². The van der Waals surface area contributed by atoms with Gasteiger partial charge in [-0.1, -0.05) is 0 Å². The molecule has 0 saturated carbocycles. The molecule has 0 bridgehead atoms. The molecule has 0 aliphatic heterocycles. The van der Waals surface area contributed by atoms with E-state index >= 15 is 0 Å². The fraction of sp³-hybridized carbons (Fsp3) is 0.500. The molecule has 0 amide bonds. The van der Waals surface area contributed by atoms with Crippen LogP contribution in [0.25, 0.3) is 0 Å². The Kier molecular flexibility index (Phi) is 4.40. The summed E-state index contributed by atoms with van der Waals surface area (Å²) in [4.78, 5) is 0.558. The molecule has 5 heteroatoms. The molecule has 1 rings (SSSR count). The van der Waals surface area contributed by atoms with Crippen LogP contribution in [-0.2, 0) is 4.74 Å². The average molecular weight is 225 g/mol. The number of anilines is 2. The standard InChI is InChI=1S/C10H15N3OS/c1-7(2)14-4-3-13-10-5-8(12)9(6-11)15-10/h5,7,13H,3-4,12H2,1-2H3. The Morgan fingerprint density at radius 1 is 1.67 bits per heavy atom. The Morgan fingerprint density at radius 2 is 2.40 bits per heavy atom. The second-order valence-corrected chi connectivity index (χ2v) is 4.41. The summed E-state index contributed by atoms with van der Waals surface area (Å²) < 4.78 is 5.37. The van der Waals surface area contributed by atoms with Gasteiger partial charge in [0.15, 0.2) is 0 Å². The molecular formula is C10H15N3OS. The summed E-state index contributed by atoms with van der Waals surface area (Å²) in [5, 5.41) is 12.8. The van der Waals surface area contributed by atoms with E-state index in [1.165, 1.54) is 11.3 Å². The van der Waals surface area contributed by atoms with Gasteiger partial charge in [0.25, 0.3) is 0 Å². The summed E-state index contributed by atoms with van der Waals surface area (Å²) in [6.07, 6.45) is 0.245. The Hall–Kier alpha value is -1.25. The number of thiophene rings is 1. The first-order valence-corrected chi connectivity index (χ1v) is 5.60. The van der Waals surface area contributed by atoms with Gasteiger partial charge in [0.05, 0.1) is 23.4 Å². The van der Waals surface area contributed by atoms with Crippen molar-refractivity contribution >= 4 is 22.0 Å². The van der Waals surface area contributed by atoms with Gasteiger partial charge in [0.2, 0.25) is 0 Å². The number of ether oxygens (including phenoxy) is 1. The van der Waals surface area contributed by atoms with Crippen molar-refractivity contribution in [3.8, 4) is 6.07 Å². The van der Waals surface area contributed by atoms with Gasteiger partial charge in [-0.15, -0.1) is 11.3 Å². The highest BCUT2D eigenvalue weighted by atomic mass is 32.1. The van der Waals surface area contributed by atoms with Crippen LogP contribution in [0.5, 0.6) is 0 Å². The van der Waals surface area contributed by atoms with E-state index in [-0.39, 0.29) is 6.10 Å². The highest BCUT2D eigenvalue weighted by molar-refractivity contribution is 7.17. The molecule has 0 saturated heterocycles. The van der Waals surface area contributed by atoms with E-state index in [1.54, 1.807) is 6.07 Å². The molecule has 4 nitrogen and oxygen atoms in total. The van der Waals surface area contributed by atoms with Crippen molar-refractivity contribution in [1.82, 2.24) is 0 Å². The van der Waals surface area contributed by atoms with Crippen LogP contribution in [0.3, 0.4) is 0 Å². The fourth-order valence-corrected chi connectivity index (χ4v) is 1.85. The van der Waals surface area contributed by atoms with E-state index in [4.69, 9.17) is 15.7 Å². The molecule has 1 aromatic rings. The summed E-state index contributed by atoms with van der Waals surface area (Å²) in [7, 11) is 0. The normalized spacial score (nSPS) is 10.3. The molecule has 3 N–H and O–H groups in total. The van der Waals surface area contributed by atoms with E-state index in [1.807, 2.05) is 19.9 Å². The lowest BCUT2D eigenvalue weighted by Crippen LogP contribution is -2.12. The minimum Gasteiger partial charge on any atom is -0.397 e. The third-order valence-corrected chi connectivity index (χ3v) is 2.73. The first-order chi connectivity index (χ1) is 7.13. The molecule has 0 aromatic carbocycles. The minimum atomic E-state index is 0.245. The zero-order valence-corrected chi connectivity index (χ0v) is 9.73. The second-order valence-electron chi connectivity index (χ2n) is 3.35. The van der Waals surface area contributed by atoms with Gasteiger partial charge >= 0.3 is 0 Å². The van der Waals surface area contributed by atoms with E-state index in [0.717, 1.165) is 11.5 Å². The molecule has 1 heterocycles. The van der Waals surface area contributed by atoms with Crippen LogP contribution in [0.15, 0.2) is 6.07 Å². The molecule has 0 radical (unpaired) electrons. The average Bonchev–Trinajstić information content (AvgIpc) is 2.53. The lowest BCUT2D eigenvalue weighted by atomic mass is 10.4. The number of nitriles is 1. The number of nitrogens with two attached hydrogens (primary N) is 1. The van der Waals surface area contributed by atoms with Crippen LogP contribution in [0.1, 0.15) is 18.7 Å². The summed E-state index contributed by atoms with van der Waals surface area (Å²) >= 11 is 1.37. The summed E-state index contributed by atoms with van der Waals surface area (Å²) in [6, 6.07) is 3.82. The Bertz CT molecular complexity index is 354. The van der Waals surface area contributed by atoms with Crippen molar-refractivity contribution in [3.05, 3.63) is 10.9 Å². The van der Waals surface area contributed by atoms with Gasteiger partial charge in [-0.05, 0) is 19.9 Å². The number of nitrogen functional groups attached to an aromatic ring is 1. The number of rotatable bonds is 5. The number of hydrogen-bond acceptors (Lipinski definition) is 5. The number of hydrogen-bond donors (Lipinski definition) is 2.